The predicted molar refractivity (Wildman–Crippen MR) is 109 cm³/mol. The van der Waals surface area contributed by atoms with Gasteiger partial charge in [0.05, 0.1) is 23.4 Å². The lowest BCUT2D eigenvalue weighted by Crippen LogP contribution is -2.40. The maximum Gasteiger partial charge on any atom is 0.337 e. The van der Waals surface area contributed by atoms with E-state index >= 15 is 0 Å². The van der Waals surface area contributed by atoms with Gasteiger partial charge in [-0.05, 0) is 57.0 Å². The Morgan fingerprint density at radius 3 is 2.57 bits per heavy atom. The molecule has 1 aliphatic heterocycles. The molecule has 1 aromatic carbocycles. The summed E-state index contributed by atoms with van der Waals surface area (Å²) in [5, 5.41) is 6.28. The van der Waals surface area contributed by atoms with Crippen molar-refractivity contribution in [1.29, 1.82) is 0 Å². The van der Waals surface area contributed by atoms with Gasteiger partial charge < -0.3 is 10.1 Å². The fourth-order valence-electron chi connectivity index (χ4n) is 3.46. The van der Waals surface area contributed by atoms with Crippen LogP contribution in [0.15, 0.2) is 29.6 Å². The standard InChI is InChI=1S/C21H27N3O3S/c1-15-23-19(14-28-15)13-24-11-8-17(9-12-24)20(25)22-10-7-16-3-5-18(6-4-16)21(26)27-2/h3-6,14,17H,7-13H2,1-2H3,(H,22,25). The van der Waals surface area contributed by atoms with Crippen LogP contribution in [0.4, 0.5) is 0 Å². The molecule has 0 unspecified atom stereocenters. The van der Waals surface area contributed by atoms with Crippen LogP contribution in [0.2, 0.25) is 0 Å². The van der Waals surface area contributed by atoms with Gasteiger partial charge in [0.1, 0.15) is 0 Å². The number of methoxy groups -OCH3 is 1. The molecule has 1 saturated heterocycles. The lowest BCUT2D eigenvalue weighted by atomic mass is 9.95. The van der Waals surface area contributed by atoms with E-state index in [2.05, 4.69) is 20.6 Å². The summed E-state index contributed by atoms with van der Waals surface area (Å²) in [4.78, 5) is 30.8. The number of aryl methyl sites for hydroxylation is 1. The maximum atomic E-state index is 12.4. The van der Waals surface area contributed by atoms with Crippen molar-refractivity contribution in [3.63, 3.8) is 0 Å². The minimum Gasteiger partial charge on any atom is -0.465 e. The molecule has 0 aliphatic carbocycles. The molecule has 0 spiro atoms. The number of thiazole rings is 1. The first-order chi connectivity index (χ1) is 13.5. The number of piperidine rings is 1. The normalized spacial score (nSPS) is 15.4. The third kappa shape index (κ3) is 5.62. The first-order valence-electron chi connectivity index (χ1n) is 9.63. The van der Waals surface area contributed by atoms with Crippen molar-refractivity contribution < 1.29 is 14.3 Å². The largest absolute Gasteiger partial charge is 0.465 e. The minimum absolute atomic E-state index is 0.0927. The number of ether oxygens (including phenoxy) is 1. The Kier molecular flexibility index (Phi) is 7.17. The highest BCUT2D eigenvalue weighted by Crippen LogP contribution is 2.20. The fraction of sp³-hybridized carbons (Fsp3) is 0.476. The molecular formula is C21H27N3O3S. The summed E-state index contributed by atoms with van der Waals surface area (Å²) < 4.78 is 4.70. The number of rotatable bonds is 7. The number of hydrogen-bond acceptors (Lipinski definition) is 6. The number of carbonyl (C=O) groups excluding carboxylic acids is 2. The highest BCUT2D eigenvalue weighted by molar-refractivity contribution is 7.09. The van der Waals surface area contributed by atoms with Gasteiger partial charge in [0.15, 0.2) is 0 Å². The van der Waals surface area contributed by atoms with E-state index in [-0.39, 0.29) is 17.8 Å². The number of carbonyl (C=O) groups is 2. The van der Waals surface area contributed by atoms with Crippen LogP contribution in [0.1, 0.15) is 39.5 Å². The first-order valence-corrected chi connectivity index (χ1v) is 10.5. The van der Waals surface area contributed by atoms with Gasteiger partial charge in [-0.25, -0.2) is 9.78 Å². The number of benzene rings is 1. The third-order valence-corrected chi connectivity index (χ3v) is 5.92. The van der Waals surface area contributed by atoms with Crippen LogP contribution in [-0.4, -0.2) is 48.5 Å². The van der Waals surface area contributed by atoms with E-state index in [9.17, 15) is 9.59 Å². The van der Waals surface area contributed by atoms with Gasteiger partial charge in [-0.15, -0.1) is 11.3 Å². The van der Waals surface area contributed by atoms with Crippen molar-refractivity contribution in [1.82, 2.24) is 15.2 Å². The van der Waals surface area contributed by atoms with E-state index in [1.54, 1.807) is 23.5 Å². The number of hydrogen-bond donors (Lipinski definition) is 1. The fourth-order valence-corrected chi connectivity index (χ4v) is 4.07. The van der Waals surface area contributed by atoms with Gasteiger partial charge in [-0.3, -0.25) is 9.69 Å². The van der Waals surface area contributed by atoms with Gasteiger partial charge >= 0.3 is 5.97 Å². The van der Waals surface area contributed by atoms with Crippen molar-refractivity contribution in [2.75, 3.05) is 26.7 Å². The zero-order valence-electron chi connectivity index (χ0n) is 16.4. The van der Waals surface area contributed by atoms with E-state index < -0.39 is 0 Å². The summed E-state index contributed by atoms with van der Waals surface area (Å²) in [5.41, 5.74) is 2.75. The molecular weight excluding hydrogens is 374 g/mol. The van der Waals surface area contributed by atoms with Crippen molar-refractivity contribution in [2.45, 2.75) is 32.7 Å². The molecule has 2 aromatic rings. The van der Waals surface area contributed by atoms with Crippen LogP contribution < -0.4 is 5.32 Å². The van der Waals surface area contributed by atoms with E-state index in [1.165, 1.54) is 7.11 Å². The van der Waals surface area contributed by atoms with E-state index in [4.69, 9.17) is 4.74 Å². The Hall–Kier alpha value is -2.25. The molecule has 0 bridgehead atoms. The molecule has 0 atom stereocenters. The number of amides is 1. The highest BCUT2D eigenvalue weighted by Gasteiger charge is 2.25. The van der Waals surface area contributed by atoms with E-state index in [0.29, 0.717) is 12.1 Å². The molecule has 1 aromatic heterocycles. The van der Waals surface area contributed by atoms with Crippen LogP contribution >= 0.6 is 11.3 Å². The van der Waals surface area contributed by atoms with E-state index in [1.807, 2.05) is 19.1 Å². The molecule has 1 aliphatic rings. The predicted octanol–water partition coefficient (Wildman–Crippen LogP) is 2.81. The third-order valence-electron chi connectivity index (χ3n) is 5.10. The average molecular weight is 402 g/mol. The molecule has 150 valence electrons. The van der Waals surface area contributed by atoms with Crippen molar-refractivity contribution in [2.24, 2.45) is 5.92 Å². The van der Waals surface area contributed by atoms with Crippen LogP contribution in [0.25, 0.3) is 0 Å². The van der Waals surface area contributed by atoms with E-state index in [0.717, 1.165) is 55.2 Å². The zero-order valence-corrected chi connectivity index (χ0v) is 17.3. The molecule has 3 rings (SSSR count). The Morgan fingerprint density at radius 1 is 1.25 bits per heavy atom. The van der Waals surface area contributed by atoms with Gasteiger partial charge in [-0.2, -0.15) is 0 Å². The summed E-state index contributed by atoms with van der Waals surface area (Å²) in [6.45, 7) is 5.38. The van der Waals surface area contributed by atoms with Crippen LogP contribution in [0.3, 0.4) is 0 Å². The molecule has 2 heterocycles. The second kappa shape index (κ2) is 9.80. The molecule has 1 N–H and O–H groups in total. The number of nitrogens with zero attached hydrogens (tertiary/aromatic N) is 2. The topological polar surface area (TPSA) is 71.5 Å². The van der Waals surface area contributed by atoms with Gasteiger partial charge in [0, 0.05) is 24.4 Å². The smallest absolute Gasteiger partial charge is 0.337 e. The Balaban J connectivity index is 1.37. The van der Waals surface area contributed by atoms with Crippen molar-refractivity contribution >= 4 is 23.2 Å². The Labute approximate surface area is 169 Å². The first kappa shape index (κ1) is 20.5. The molecule has 0 radical (unpaired) electrons. The molecule has 0 saturated carbocycles. The van der Waals surface area contributed by atoms with Crippen molar-refractivity contribution in [3.8, 4) is 0 Å². The van der Waals surface area contributed by atoms with Gasteiger partial charge in [0.25, 0.3) is 0 Å². The highest BCUT2D eigenvalue weighted by atomic mass is 32.1. The van der Waals surface area contributed by atoms with Crippen molar-refractivity contribution in [3.05, 3.63) is 51.5 Å². The second-order valence-corrected chi connectivity index (χ2v) is 8.20. The van der Waals surface area contributed by atoms with Gasteiger partial charge in [-0.1, -0.05) is 12.1 Å². The second-order valence-electron chi connectivity index (χ2n) is 7.14. The number of likely N-dealkylation sites (tertiary alicyclic amines) is 1. The average Bonchev–Trinajstić information content (AvgIpc) is 3.13. The quantitative estimate of drug-likeness (QED) is 0.723. The summed E-state index contributed by atoms with van der Waals surface area (Å²) in [5.74, 6) is -0.0958. The minimum atomic E-state index is -0.337. The number of aromatic nitrogens is 1. The molecule has 7 heteroatoms. The maximum absolute atomic E-state index is 12.4. The van der Waals surface area contributed by atoms with Crippen LogP contribution in [0, 0.1) is 12.8 Å². The zero-order chi connectivity index (χ0) is 19.9. The molecule has 6 nitrogen and oxygen atoms in total. The van der Waals surface area contributed by atoms with Gasteiger partial charge in [0.2, 0.25) is 5.91 Å². The Morgan fingerprint density at radius 2 is 1.96 bits per heavy atom. The Bertz CT molecular complexity index is 795. The molecule has 1 amide bonds. The number of esters is 1. The number of nitrogens with one attached hydrogen (secondary N) is 1. The summed E-state index contributed by atoms with van der Waals surface area (Å²) in [6, 6.07) is 7.30. The lowest BCUT2D eigenvalue weighted by molar-refractivity contribution is -0.126. The van der Waals surface area contributed by atoms with Crippen LogP contribution in [-0.2, 0) is 22.5 Å². The van der Waals surface area contributed by atoms with Crippen LogP contribution in [0.5, 0.6) is 0 Å². The SMILES string of the molecule is COC(=O)c1ccc(CCNC(=O)C2CCN(Cc3csc(C)n3)CC2)cc1. The summed E-state index contributed by atoms with van der Waals surface area (Å²) >= 11 is 1.68. The lowest BCUT2D eigenvalue weighted by Gasteiger charge is -2.30. The summed E-state index contributed by atoms with van der Waals surface area (Å²) in [7, 11) is 1.37. The monoisotopic (exact) mass is 401 g/mol. The molecule has 1 fully saturated rings. The summed E-state index contributed by atoms with van der Waals surface area (Å²) in [6.07, 6.45) is 2.53. The molecule has 28 heavy (non-hydrogen) atoms.